The number of hydrogen-bond acceptors (Lipinski definition) is 2. The predicted molar refractivity (Wildman–Crippen MR) is 61.5 cm³/mol. The molecule has 29 heavy (non-hydrogen) atoms. The monoisotopic (exact) mass is 470 g/mol. The summed E-state index contributed by atoms with van der Waals surface area (Å²) in [5.41, 5.74) is 0. The van der Waals surface area contributed by atoms with Crippen LogP contribution in [0.1, 0.15) is 13.8 Å². The Hall–Kier alpha value is -1.58. The van der Waals surface area contributed by atoms with E-state index in [-0.39, 0.29) is 0 Å². The smallest absolute Gasteiger partial charge is 0.459 e. The minimum atomic E-state index is -8.35. The van der Waals surface area contributed by atoms with Crippen LogP contribution in [0.3, 0.4) is 0 Å². The van der Waals surface area contributed by atoms with E-state index in [1.165, 1.54) is 0 Å². The van der Waals surface area contributed by atoms with Gasteiger partial charge in [0.2, 0.25) is 0 Å². The van der Waals surface area contributed by atoms with Gasteiger partial charge in [0.05, 0.1) is 5.92 Å². The molecule has 174 valence electrons. The van der Waals surface area contributed by atoms with Gasteiger partial charge in [0.1, 0.15) is 0 Å². The third-order valence-corrected chi connectivity index (χ3v) is 3.26. The van der Waals surface area contributed by atoms with Crippen LogP contribution in [0.15, 0.2) is 0 Å². The largest absolute Gasteiger partial charge is 0.460 e. The number of rotatable bonds is 8. The number of ether oxygens (including phenoxy) is 1. The zero-order valence-corrected chi connectivity index (χ0v) is 13.8. The topological polar surface area (TPSA) is 26.3 Å². The highest BCUT2D eigenvalue weighted by Gasteiger charge is 2.93. The molecule has 0 atom stereocenters. The first-order valence-electron chi connectivity index (χ1n) is 6.83. The first-order valence-corrected chi connectivity index (χ1v) is 6.83. The van der Waals surface area contributed by atoms with Gasteiger partial charge in [-0.05, 0) is 0 Å². The minimum Gasteiger partial charge on any atom is -0.459 e. The molecule has 0 rings (SSSR count). The molecule has 0 aromatic carbocycles. The summed E-state index contributed by atoms with van der Waals surface area (Å²) in [5, 5.41) is 0. The molecule has 0 saturated carbocycles. The highest BCUT2D eigenvalue weighted by atomic mass is 19.4. The highest BCUT2D eigenvalue weighted by molar-refractivity contribution is 5.71. The predicted octanol–water partition coefficient (Wildman–Crippen LogP) is 5.56. The van der Waals surface area contributed by atoms with E-state index >= 15 is 0 Å². The van der Waals surface area contributed by atoms with E-state index in [1.54, 1.807) is 0 Å². The second-order valence-electron chi connectivity index (χ2n) is 5.84. The Morgan fingerprint density at radius 1 is 0.621 bits per heavy atom. The van der Waals surface area contributed by atoms with Crippen molar-refractivity contribution in [2.24, 2.45) is 5.92 Å². The zero-order valence-electron chi connectivity index (χ0n) is 13.8. The van der Waals surface area contributed by atoms with Crippen molar-refractivity contribution in [3.63, 3.8) is 0 Å². The van der Waals surface area contributed by atoms with Crippen molar-refractivity contribution >= 4 is 5.97 Å². The van der Waals surface area contributed by atoms with Gasteiger partial charge in [-0.1, -0.05) is 13.8 Å². The van der Waals surface area contributed by atoms with Gasteiger partial charge >= 0.3 is 47.7 Å². The Kier molecular flexibility index (Phi) is 6.88. The molecule has 0 aliphatic heterocycles. The summed E-state index contributed by atoms with van der Waals surface area (Å²) in [6.07, 6.45) is -7.65. The Bertz CT molecular complexity index is 605. The lowest BCUT2D eigenvalue weighted by molar-refractivity contribution is -0.453. The molecular formula is C12H9F15O2. The van der Waals surface area contributed by atoms with Crippen molar-refractivity contribution in [2.75, 3.05) is 6.61 Å². The molecule has 0 saturated heterocycles. The Balaban J connectivity index is 6.25. The van der Waals surface area contributed by atoms with Crippen LogP contribution in [-0.4, -0.2) is 54.3 Å². The molecule has 0 aliphatic carbocycles. The molecule has 0 N–H and O–H groups in total. The second-order valence-corrected chi connectivity index (χ2v) is 5.84. The Labute approximate surface area is 151 Å². The maximum atomic E-state index is 13.3. The number of alkyl halides is 15. The molecule has 0 fully saturated rings. The normalized spacial score (nSPS) is 15.7. The summed E-state index contributed by atoms with van der Waals surface area (Å²) in [6.45, 7) is -1.30. The fraction of sp³-hybridized carbons (Fsp3) is 0.917. The van der Waals surface area contributed by atoms with E-state index in [0.29, 0.717) is 0 Å². The van der Waals surface area contributed by atoms with Gasteiger partial charge in [-0.3, -0.25) is 4.79 Å². The molecule has 0 unspecified atom stereocenters. The molecule has 0 amide bonds. The van der Waals surface area contributed by atoms with Gasteiger partial charge in [-0.25, -0.2) is 0 Å². The maximum Gasteiger partial charge on any atom is 0.460 e. The van der Waals surface area contributed by atoms with Crippen molar-refractivity contribution in [2.45, 2.75) is 55.6 Å². The lowest BCUT2D eigenvalue weighted by Gasteiger charge is -2.41. The number of hydrogen-bond donors (Lipinski definition) is 0. The van der Waals surface area contributed by atoms with Crippen molar-refractivity contribution in [1.82, 2.24) is 0 Å². The first kappa shape index (κ1) is 27.4. The second kappa shape index (κ2) is 7.28. The van der Waals surface area contributed by atoms with Gasteiger partial charge in [-0.2, -0.15) is 65.9 Å². The molecule has 0 aromatic rings. The van der Waals surface area contributed by atoms with Gasteiger partial charge in [0, 0.05) is 0 Å². The maximum absolute atomic E-state index is 13.3. The molecule has 0 radical (unpaired) electrons. The third kappa shape index (κ3) is 4.04. The third-order valence-electron chi connectivity index (χ3n) is 3.26. The number of halogens is 15. The van der Waals surface area contributed by atoms with Crippen molar-refractivity contribution in [3.05, 3.63) is 0 Å². The summed E-state index contributed by atoms with van der Waals surface area (Å²) in [5.74, 6) is -50.2. The van der Waals surface area contributed by atoms with Gasteiger partial charge in [-0.15, -0.1) is 0 Å². The van der Waals surface area contributed by atoms with E-state index in [2.05, 4.69) is 4.74 Å². The first-order chi connectivity index (χ1) is 12.3. The summed E-state index contributed by atoms with van der Waals surface area (Å²) < 4.78 is 196. The molecule has 0 spiro atoms. The van der Waals surface area contributed by atoms with Crippen molar-refractivity contribution < 1.29 is 75.4 Å². The average molecular weight is 470 g/mol. The molecule has 17 heteroatoms. The fourth-order valence-electron chi connectivity index (χ4n) is 1.42. The van der Waals surface area contributed by atoms with Crippen LogP contribution >= 0.6 is 0 Å². The van der Waals surface area contributed by atoms with E-state index in [9.17, 15) is 70.7 Å². The lowest BCUT2D eigenvalue weighted by atomic mass is 9.91. The Morgan fingerprint density at radius 3 is 1.24 bits per heavy atom. The van der Waals surface area contributed by atoms with Crippen molar-refractivity contribution in [1.29, 1.82) is 0 Å². The molecule has 0 aliphatic rings. The van der Waals surface area contributed by atoms with Crippen LogP contribution in [0.2, 0.25) is 0 Å². The van der Waals surface area contributed by atoms with Crippen LogP contribution in [0.25, 0.3) is 0 Å². The SMILES string of the molecule is CC(C)C(=O)OCC(F)(F)C(F)(F)C(F)(F)C(F)(F)C(F)(F)C(F)(F)C(F)(F)F. The van der Waals surface area contributed by atoms with Gasteiger partial charge in [0.15, 0.2) is 6.61 Å². The van der Waals surface area contributed by atoms with E-state index in [4.69, 9.17) is 0 Å². The van der Waals surface area contributed by atoms with Crippen molar-refractivity contribution in [3.8, 4) is 0 Å². The summed E-state index contributed by atoms with van der Waals surface area (Å²) in [7, 11) is 0. The van der Waals surface area contributed by atoms with E-state index in [0.717, 1.165) is 13.8 Å². The average Bonchev–Trinajstić information content (AvgIpc) is 2.50. The molecule has 0 heterocycles. The molecule has 0 aromatic heterocycles. The zero-order chi connectivity index (χ0) is 24.1. The lowest BCUT2D eigenvalue weighted by Crippen LogP contribution is -2.73. The van der Waals surface area contributed by atoms with Gasteiger partial charge < -0.3 is 4.74 Å². The quantitative estimate of drug-likeness (QED) is 0.343. The van der Waals surface area contributed by atoms with Gasteiger partial charge in [0.25, 0.3) is 0 Å². The Morgan fingerprint density at radius 2 is 0.931 bits per heavy atom. The summed E-state index contributed by atoms with van der Waals surface area (Å²) in [6, 6.07) is 0. The summed E-state index contributed by atoms with van der Waals surface area (Å²) in [4.78, 5) is 10.9. The number of carbonyl (C=O) groups excluding carboxylic acids is 1. The van der Waals surface area contributed by atoms with Crippen LogP contribution < -0.4 is 0 Å². The number of esters is 1. The van der Waals surface area contributed by atoms with Crippen LogP contribution in [0.5, 0.6) is 0 Å². The van der Waals surface area contributed by atoms with Crippen LogP contribution in [0.4, 0.5) is 65.9 Å². The molecule has 2 nitrogen and oxygen atoms in total. The molecular weight excluding hydrogens is 461 g/mol. The van der Waals surface area contributed by atoms with Crippen LogP contribution in [-0.2, 0) is 9.53 Å². The molecule has 0 bridgehead atoms. The van der Waals surface area contributed by atoms with E-state index in [1.807, 2.05) is 0 Å². The minimum absolute atomic E-state index is 0.904. The number of carbonyl (C=O) groups is 1. The summed E-state index contributed by atoms with van der Waals surface area (Å²) >= 11 is 0. The highest BCUT2D eigenvalue weighted by Crippen LogP contribution is 2.62. The van der Waals surface area contributed by atoms with E-state index < -0.39 is 60.2 Å². The fourth-order valence-corrected chi connectivity index (χ4v) is 1.42. The van der Waals surface area contributed by atoms with Crippen LogP contribution in [0, 0.1) is 5.92 Å². The standard InChI is InChI=1S/C12H9F15O2/c1-4(2)5(28)29-3-6(13,14)7(15,16)8(17,18)9(19,20)10(21,22)11(23,24)12(25,26)27/h4H,3H2,1-2H3.